The van der Waals surface area contributed by atoms with Crippen LogP contribution >= 0.6 is 11.6 Å². The molecular weight excluding hydrogens is 390 g/mol. The van der Waals surface area contributed by atoms with Gasteiger partial charge in [0.1, 0.15) is 12.4 Å². The van der Waals surface area contributed by atoms with Gasteiger partial charge in [-0.3, -0.25) is 24.5 Å². The van der Waals surface area contributed by atoms with Crippen molar-refractivity contribution in [2.24, 2.45) is 7.05 Å². The molecule has 0 atom stereocenters. The molecule has 10 nitrogen and oxygen atoms in total. The van der Waals surface area contributed by atoms with Crippen molar-refractivity contribution >= 4 is 28.5 Å². The summed E-state index contributed by atoms with van der Waals surface area (Å²) < 4.78 is 8.48. The number of halogens is 1. The van der Waals surface area contributed by atoms with Crippen LogP contribution in [-0.4, -0.2) is 24.0 Å². The Labute approximate surface area is 163 Å². The van der Waals surface area contributed by atoms with Gasteiger partial charge in [-0.15, -0.1) is 0 Å². The van der Waals surface area contributed by atoms with E-state index in [0.717, 1.165) is 12.8 Å². The molecule has 0 aliphatic heterocycles. The van der Waals surface area contributed by atoms with Gasteiger partial charge >= 0.3 is 11.4 Å². The Hall–Kier alpha value is -3.14. The molecule has 148 valence electrons. The van der Waals surface area contributed by atoms with Crippen molar-refractivity contribution in [3.63, 3.8) is 0 Å². The van der Waals surface area contributed by atoms with Crippen LogP contribution in [0, 0.1) is 10.1 Å². The summed E-state index contributed by atoms with van der Waals surface area (Å²) in [7, 11) is 1.62. The molecule has 0 fully saturated rings. The summed E-state index contributed by atoms with van der Waals surface area (Å²) in [5.74, 6) is 0.374. The lowest BCUT2D eigenvalue weighted by Gasteiger charge is -2.07. The van der Waals surface area contributed by atoms with Crippen LogP contribution in [0.4, 0.5) is 5.69 Å². The molecule has 0 saturated heterocycles. The molecule has 3 rings (SSSR count). The summed E-state index contributed by atoms with van der Waals surface area (Å²) in [6.45, 7) is 2.28. The van der Waals surface area contributed by atoms with Crippen LogP contribution in [0.25, 0.3) is 11.2 Å². The Kier molecular flexibility index (Phi) is 5.50. The lowest BCUT2D eigenvalue weighted by Crippen LogP contribution is -2.31. The fraction of sp³-hybridized carbons (Fsp3) is 0.353. The second-order valence-corrected chi connectivity index (χ2v) is 6.62. The lowest BCUT2D eigenvalue weighted by atomic mass is 10.3. The third-order valence-corrected chi connectivity index (χ3v) is 4.55. The van der Waals surface area contributed by atoms with Crippen LogP contribution in [0.2, 0.25) is 5.02 Å². The van der Waals surface area contributed by atoms with Gasteiger partial charge in [0.25, 0.3) is 5.56 Å². The van der Waals surface area contributed by atoms with E-state index < -0.39 is 16.2 Å². The Bertz CT molecular complexity index is 1160. The van der Waals surface area contributed by atoms with Crippen LogP contribution in [0.1, 0.15) is 25.6 Å². The summed E-state index contributed by atoms with van der Waals surface area (Å²) >= 11 is 5.80. The maximum Gasteiger partial charge on any atom is 0.330 e. The molecule has 1 N–H and O–H groups in total. The van der Waals surface area contributed by atoms with Crippen LogP contribution in [0.5, 0.6) is 5.75 Å². The molecule has 3 aromatic rings. The molecule has 28 heavy (non-hydrogen) atoms. The molecule has 0 spiro atoms. The number of rotatable bonds is 7. The maximum atomic E-state index is 12.2. The molecule has 0 amide bonds. The van der Waals surface area contributed by atoms with Gasteiger partial charge in [0.05, 0.1) is 4.92 Å². The Morgan fingerprint density at radius 1 is 1.36 bits per heavy atom. The van der Waals surface area contributed by atoms with Crippen molar-refractivity contribution in [3.8, 4) is 5.75 Å². The van der Waals surface area contributed by atoms with Gasteiger partial charge in [0.15, 0.2) is 16.9 Å². The minimum Gasteiger partial charge on any atom is -0.479 e. The molecule has 1 aromatic carbocycles. The number of hydrogen-bond acceptors (Lipinski definition) is 6. The summed E-state index contributed by atoms with van der Waals surface area (Å²) in [6, 6.07) is 4.07. The van der Waals surface area contributed by atoms with Gasteiger partial charge in [-0.25, -0.2) is 9.78 Å². The number of nitrogens with zero attached hydrogens (tertiary/aromatic N) is 4. The highest BCUT2D eigenvalue weighted by Crippen LogP contribution is 2.30. The van der Waals surface area contributed by atoms with E-state index in [1.165, 1.54) is 27.3 Å². The number of aromatic amines is 1. The summed E-state index contributed by atoms with van der Waals surface area (Å²) in [5, 5.41) is 11.4. The molecule has 0 saturated carbocycles. The van der Waals surface area contributed by atoms with Crippen molar-refractivity contribution in [1.82, 2.24) is 19.1 Å². The minimum atomic E-state index is -0.594. The average molecular weight is 408 g/mol. The fourth-order valence-corrected chi connectivity index (χ4v) is 3.01. The zero-order valence-electron chi connectivity index (χ0n) is 15.3. The van der Waals surface area contributed by atoms with Crippen LogP contribution in [0.15, 0.2) is 27.8 Å². The van der Waals surface area contributed by atoms with E-state index in [1.54, 1.807) is 7.05 Å². The normalized spacial score (nSPS) is 11.1. The third-order valence-electron chi connectivity index (χ3n) is 4.32. The number of aromatic nitrogens is 4. The number of imidazole rings is 1. The largest absolute Gasteiger partial charge is 0.479 e. The fourth-order valence-electron chi connectivity index (χ4n) is 2.84. The van der Waals surface area contributed by atoms with Crippen molar-refractivity contribution < 1.29 is 9.66 Å². The Morgan fingerprint density at radius 3 is 2.79 bits per heavy atom. The van der Waals surface area contributed by atoms with E-state index >= 15 is 0 Å². The number of H-pyrrole nitrogens is 1. The predicted octanol–water partition coefficient (Wildman–Crippen LogP) is 2.36. The van der Waals surface area contributed by atoms with Crippen molar-refractivity contribution in [2.75, 3.05) is 0 Å². The molecule has 2 aromatic heterocycles. The highest BCUT2D eigenvalue weighted by Gasteiger charge is 2.19. The molecule has 2 heterocycles. The highest BCUT2D eigenvalue weighted by atomic mass is 35.5. The van der Waals surface area contributed by atoms with Crippen LogP contribution in [0.3, 0.4) is 0 Å². The molecule has 0 radical (unpaired) electrons. The molecule has 0 bridgehead atoms. The number of hydrogen-bond donors (Lipinski definition) is 1. The van der Waals surface area contributed by atoms with Crippen molar-refractivity contribution in [1.29, 1.82) is 0 Å². The van der Waals surface area contributed by atoms with E-state index in [-0.39, 0.29) is 34.2 Å². The van der Waals surface area contributed by atoms with Crippen molar-refractivity contribution in [3.05, 3.63) is 60.0 Å². The first kappa shape index (κ1) is 19.6. The smallest absolute Gasteiger partial charge is 0.330 e. The van der Waals surface area contributed by atoms with Gasteiger partial charge in [0.2, 0.25) is 0 Å². The first-order chi connectivity index (χ1) is 13.3. The lowest BCUT2D eigenvalue weighted by molar-refractivity contribution is -0.385. The van der Waals surface area contributed by atoms with Gasteiger partial charge in [-0.1, -0.05) is 24.9 Å². The van der Waals surface area contributed by atoms with Gasteiger partial charge in [0, 0.05) is 24.7 Å². The van der Waals surface area contributed by atoms with Crippen molar-refractivity contribution in [2.45, 2.75) is 32.9 Å². The standard InChI is InChI=1S/C17H18ClN5O5/c1-3-4-7-22-15-14(16(24)20-17(22)25)21(2)13(19-15)9-28-12-6-5-10(18)8-11(12)23(26)27/h5-6,8H,3-4,7,9H2,1-2H3,(H,20,24,25). The predicted molar refractivity (Wildman–Crippen MR) is 103 cm³/mol. The van der Waals surface area contributed by atoms with Gasteiger partial charge < -0.3 is 9.30 Å². The topological polar surface area (TPSA) is 125 Å². The molecule has 0 aliphatic rings. The first-order valence-electron chi connectivity index (χ1n) is 8.58. The molecule has 0 aliphatic carbocycles. The number of fused-ring (bicyclic) bond motifs is 1. The number of aryl methyl sites for hydroxylation is 2. The van der Waals surface area contributed by atoms with Gasteiger partial charge in [-0.2, -0.15) is 0 Å². The number of nitro benzene ring substituents is 1. The highest BCUT2D eigenvalue weighted by molar-refractivity contribution is 6.30. The number of ether oxygens (including phenoxy) is 1. The zero-order valence-corrected chi connectivity index (χ0v) is 16.0. The zero-order chi connectivity index (χ0) is 20.4. The van der Waals surface area contributed by atoms with Crippen LogP contribution in [-0.2, 0) is 20.2 Å². The average Bonchev–Trinajstić information content (AvgIpc) is 2.97. The first-order valence-corrected chi connectivity index (χ1v) is 8.96. The van der Waals surface area contributed by atoms with Gasteiger partial charge in [-0.05, 0) is 18.6 Å². The Balaban J connectivity index is 2.00. The Morgan fingerprint density at radius 2 is 2.11 bits per heavy atom. The summed E-state index contributed by atoms with van der Waals surface area (Å²) in [5.41, 5.74) is -0.853. The monoisotopic (exact) mass is 407 g/mol. The van der Waals surface area contributed by atoms with E-state index in [4.69, 9.17) is 16.3 Å². The minimum absolute atomic E-state index is 0.0266. The number of benzene rings is 1. The molecular formula is C17H18ClN5O5. The summed E-state index contributed by atoms with van der Waals surface area (Å²) in [4.78, 5) is 41.7. The maximum absolute atomic E-state index is 12.2. The number of unbranched alkanes of at least 4 members (excludes halogenated alkanes) is 1. The molecule has 0 unspecified atom stereocenters. The third kappa shape index (κ3) is 3.63. The van der Waals surface area contributed by atoms with E-state index in [1.807, 2.05) is 6.92 Å². The quantitative estimate of drug-likeness (QED) is 0.473. The number of nitro groups is 1. The SMILES string of the molecule is CCCCn1c(=O)[nH]c(=O)c2c1nc(COc1ccc(Cl)cc1[N+](=O)[O-])n2C. The second kappa shape index (κ2) is 7.85. The van der Waals surface area contributed by atoms with E-state index in [9.17, 15) is 19.7 Å². The van der Waals surface area contributed by atoms with E-state index in [2.05, 4.69) is 9.97 Å². The molecule has 11 heteroatoms. The summed E-state index contributed by atoms with van der Waals surface area (Å²) in [6.07, 6.45) is 1.62. The number of nitrogens with one attached hydrogen (secondary N) is 1. The van der Waals surface area contributed by atoms with Crippen LogP contribution < -0.4 is 16.0 Å². The second-order valence-electron chi connectivity index (χ2n) is 6.18. The van der Waals surface area contributed by atoms with E-state index in [0.29, 0.717) is 12.4 Å².